The number of aliphatic hydroxyl groups excluding tert-OH is 1. The van der Waals surface area contributed by atoms with E-state index in [2.05, 4.69) is 16.8 Å². The molecule has 2 unspecified atom stereocenters. The van der Waals surface area contributed by atoms with Crippen molar-refractivity contribution in [3.8, 4) is 0 Å². The molecule has 0 aliphatic rings. The zero-order chi connectivity index (χ0) is 12.8. The van der Waals surface area contributed by atoms with Crippen molar-refractivity contribution in [3.05, 3.63) is 29.6 Å². The van der Waals surface area contributed by atoms with Gasteiger partial charge in [0, 0.05) is 24.3 Å². The number of likely N-dealkylation sites (N-methyl/N-ethyl adjacent to an activating group) is 1. The summed E-state index contributed by atoms with van der Waals surface area (Å²) < 4.78 is 0. The number of aromatic nitrogens is 1. The average Bonchev–Trinajstić information content (AvgIpc) is 2.28. The Kier molecular flexibility index (Phi) is 5.55. The molecule has 0 aromatic carbocycles. The van der Waals surface area contributed by atoms with Crippen LogP contribution in [0.5, 0.6) is 0 Å². The van der Waals surface area contributed by atoms with Crippen LogP contribution in [0.1, 0.15) is 25.2 Å². The molecular formula is C13H23N3O. The minimum atomic E-state index is -0.0511. The van der Waals surface area contributed by atoms with Gasteiger partial charge in [-0.3, -0.25) is 9.88 Å². The van der Waals surface area contributed by atoms with E-state index in [0.29, 0.717) is 0 Å². The van der Waals surface area contributed by atoms with Gasteiger partial charge in [-0.1, -0.05) is 13.0 Å². The number of aliphatic hydroxyl groups is 1. The molecule has 0 radical (unpaired) electrons. The fourth-order valence-corrected chi connectivity index (χ4v) is 1.97. The Bertz CT molecular complexity index is 341. The van der Waals surface area contributed by atoms with Gasteiger partial charge < -0.3 is 10.8 Å². The molecule has 0 spiro atoms. The van der Waals surface area contributed by atoms with Crippen LogP contribution in [0.15, 0.2) is 18.2 Å². The average molecular weight is 237 g/mol. The third-order valence-electron chi connectivity index (χ3n) is 2.98. The van der Waals surface area contributed by atoms with Crippen LogP contribution in [0.4, 0.5) is 0 Å². The maximum atomic E-state index is 9.39. The Labute approximate surface area is 103 Å². The Balaban J connectivity index is 2.75. The van der Waals surface area contributed by atoms with Crippen LogP contribution in [0, 0.1) is 6.92 Å². The summed E-state index contributed by atoms with van der Waals surface area (Å²) in [5, 5.41) is 9.39. The van der Waals surface area contributed by atoms with Crippen molar-refractivity contribution in [1.29, 1.82) is 0 Å². The SMILES string of the molecule is CCN(Cc1cccc(C)n1)C(CO)C(C)N. The first-order chi connectivity index (χ1) is 8.08. The van der Waals surface area contributed by atoms with Crippen LogP contribution in [-0.4, -0.2) is 40.2 Å². The highest BCUT2D eigenvalue weighted by molar-refractivity contribution is 5.10. The third-order valence-corrected chi connectivity index (χ3v) is 2.98. The van der Waals surface area contributed by atoms with E-state index >= 15 is 0 Å². The van der Waals surface area contributed by atoms with Gasteiger partial charge in [0.05, 0.1) is 12.3 Å². The van der Waals surface area contributed by atoms with Gasteiger partial charge >= 0.3 is 0 Å². The molecule has 0 fully saturated rings. The zero-order valence-corrected chi connectivity index (χ0v) is 10.9. The van der Waals surface area contributed by atoms with Crippen LogP contribution >= 0.6 is 0 Å². The second kappa shape index (κ2) is 6.69. The van der Waals surface area contributed by atoms with E-state index in [4.69, 9.17) is 5.73 Å². The minimum absolute atomic E-state index is 0.0117. The van der Waals surface area contributed by atoms with Crippen LogP contribution < -0.4 is 5.73 Å². The highest BCUT2D eigenvalue weighted by Gasteiger charge is 2.20. The summed E-state index contributed by atoms with van der Waals surface area (Å²) >= 11 is 0. The lowest BCUT2D eigenvalue weighted by atomic mass is 10.1. The quantitative estimate of drug-likeness (QED) is 0.772. The molecular weight excluding hydrogens is 214 g/mol. The van der Waals surface area contributed by atoms with E-state index in [0.717, 1.165) is 24.5 Å². The Morgan fingerprint density at radius 2 is 2.18 bits per heavy atom. The van der Waals surface area contributed by atoms with E-state index in [-0.39, 0.29) is 18.7 Å². The lowest BCUT2D eigenvalue weighted by Crippen LogP contribution is -2.48. The number of nitrogens with two attached hydrogens (primary N) is 1. The van der Waals surface area contributed by atoms with Crippen LogP contribution in [0.3, 0.4) is 0 Å². The summed E-state index contributed by atoms with van der Waals surface area (Å²) in [5.41, 5.74) is 7.92. The van der Waals surface area contributed by atoms with Gasteiger partial charge in [-0.15, -0.1) is 0 Å². The van der Waals surface area contributed by atoms with Gasteiger partial charge in [0.15, 0.2) is 0 Å². The lowest BCUT2D eigenvalue weighted by molar-refractivity contribution is 0.105. The fourth-order valence-electron chi connectivity index (χ4n) is 1.97. The summed E-state index contributed by atoms with van der Waals surface area (Å²) in [4.78, 5) is 6.63. The van der Waals surface area contributed by atoms with Crippen molar-refractivity contribution in [3.63, 3.8) is 0 Å². The first kappa shape index (κ1) is 14.1. The highest BCUT2D eigenvalue weighted by atomic mass is 16.3. The topological polar surface area (TPSA) is 62.4 Å². The molecule has 1 rings (SSSR count). The van der Waals surface area contributed by atoms with Crippen LogP contribution in [0.25, 0.3) is 0 Å². The van der Waals surface area contributed by atoms with E-state index < -0.39 is 0 Å². The maximum absolute atomic E-state index is 9.39. The maximum Gasteiger partial charge on any atom is 0.0601 e. The molecule has 4 nitrogen and oxygen atoms in total. The van der Waals surface area contributed by atoms with Gasteiger partial charge in [-0.2, -0.15) is 0 Å². The number of rotatable bonds is 6. The second-order valence-electron chi connectivity index (χ2n) is 4.44. The fraction of sp³-hybridized carbons (Fsp3) is 0.615. The van der Waals surface area contributed by atoms with Crippen molar-refractivity contribution in [2.24, 2.45) is 5.73 Å². The largest absolute Gasteiger partial charge is 0.395 e. The number of hydrogen-bond donors (Lipinski definition) is 2. The summed E-state index contributed by atoms with van der Waals surface area (Å²) in [6.45, 7) is 7.63. The summed E-state index contributed by atoms with van der Waals surface area (Å²) in [6.07, 6.45) is 0. The Morgan fingerprint density at radius 1 is 1.47 bits per heavy atom. The number of pyridine rings is 1. The van der Waals surface area contributed by atoms with Crippen molar-refractivity contribution in [2.75, 3.05) is 13.2 Å². The smallest absolute Gasteiger partial charge is 0.0601 e. The standard InChI is InChI=1S/C13H23N3O/c1-4-16(13(9-17)11(3)14)8-12-7-5-6-10(2)15-12/h5-7,11,13,17H,4,8-9,14H2,1-3H3. The number of aryl methyl sites for hydroxylation is 1. The van der Waals surface area contributed by atoms with Gasteiger partial charge in [0.2, 0.25) is 0 Å². The molecule has 0 saturated heterocycles. The first-order valence-electron chi connectivity index (χ1n) is 6.11. The normalized spacial score (nSPS) is 14.9. The van der Waals surface area contributed by atoms with Gasteiger partial charge in [0.25, 0.3) is 0 Å². The summed E-state index contributed by atoms with van der Waals surface area (Å²) in [7, 11) is 0. The highest BCUT2D eigenvalue weighted by Crippen LogP contribution is 2.09. The van der Waals surface area contributed by atoms with Gasteiger partial charge in [0.1, 0.15) is 0 Å². The number of nitrogens with zero attached hydrogens (tertiary/aromatic N) is 2. The van der Waals surface area contributed by atoms with E-state index in [1.165, 1.54) is 0 Å². The molecule has 0 aliphatic carbocycles. The summed E-state index contributed by atoms with van der Waals surface area (Å²) in [6, 6.07) is 5.93. The van der Waals surface area contributed by atoms with E-state index in [1.807, 2.05) is 32.0 Å². The van der Waals surface area contributed by atoms with Crippen molar-refractivity contribution >= 4 is 0 Å². The molecule has 2 atom stereocenters. The zero-order valence-electron chi connectivity index (χ0n) is 10.9. The van der Waals surface area contributed by atoms with Gasteiger partial charge in [-0.25, -0.2) is 0 Å². The molecule has 0 saturated carbocycles. The Morgan fingerprint density at radius 3 is 2.65 bits per heavy atom. The minimum Gasteiger partial charge on any atom is -0.395 e. The predicted octanol–water partition coefficient (Wildman–Crippen LogP) is 0.920. The van der Waals surface area contributed by atoms with E-state index in [9.17, 15) is 5.11 Å². The lowest BCUT2D eigenvalue weighted by Gasteiger charge is -2.31. The van der Waals surface area contributed by atoms with Crippen molar-refractivity contribution < 1.29 is 5.11 Å². The van der Waals surface area contributed by atoms with Gasteiger partial charge in [-0.05, 0) is 32.5 Å². The Hall–Kier alpha value is -0.970. The molecule has 17 heavy (non-hydrogen) atoms. The predicted molar refractivity (Wildman–Crippen MR) is 69.6 cm³/mol. The molecule has 1 aromatic rings. The van der Waals surface area contributed by atoms with E-state index in [1.54, 1.807) is 0 Å². The molecule has 0 amide bonds. The molecule has 4 heteroatoms. The molecule has 0 aliphatic heterocycles. The molecule has 0 bridgehead atoms. The molecule has 1 aromatic heterocycles. The van der Waals surface area contributed by atoms with Crippen molar-refractivity contribution in [2.45, 2.75) is 39.4 Å². The summed E-state index contributed by atoms with van der Waals surface area (Å²) in [5.74, 6) is 0. The molecule has 96 valence electrons. The molecule has 3 N–H and O–H groups in total. The third kappa shape index (κ3) is 4.07. The monoisotopic (exact) mass is 237 g/mol. The first-order valence-corrected chi connectivity index (χ1v) is 6.11. The second-order valence-corrected chi connectivity index (χ2v) is 4.44. The van der Waals surface area contributed by atoms with Crippen LogP contribution in [0.2, 0.25) is 0 Å². The molecule has 1 heterocycles. The van der Waals surface area contributed by atoms with Crippen molar-refractivity contribution in [1.82, 2.24) is 9.88 Å². The van der Waals surface area contributed by atoms with Crippen LogP contribution in [-0.2, 0) is 6.54 Å². The number of hydrogen-bond acceptors (Lipinski definition) is 4.